The van der Waals surface area contributed by atoms with Crippen molar-refractivity contribution < 1.29 is 14.3 Å². The van der Waals surface area contributed by atoms with Crippen molar-refractivity contribution in [1.29, 1.82) is 0 Å². The van der Waals surface area contributed by atoms with Gasteiger partial charge in [0.15, 0.2) is 5.11 Å². The molecule has 0 unspecified atom stereocenters. The molecule has 0 fully saturated rings. The molecular formula is C14H17N3O3S. The van der Waals surface area contributed by atoms with Gasteiger partial charge in [0.2, 0.25) is 0 Å². The number of benzene rings is 1. The van der Waals surface area contributed by atoms with Crippen LogP contribution in [0.2, 0.25) is 0 Å². The third-order valence-electron chi connectivity index (χ3n) is 3.16. The number of fused-ring (bicyclic) bond motifs is 1. The number of hydrogen-bond donors (Lipinski definition) is 2. The summed E-state index contributed by atoms with van der Waals surface area (Å²) >= 11 is 5.16. The first-order chi connectivity index (χ1) is 10.0. The summed E-state index contributed by atoms with van der Waals surface area (Å²) in [6.45, 7) is 1.36. The van der Waals surface area contributed by atoms with Crippen LogP contribution in [0.15, 0.2) is 18.2 Å². The summed E-state index contributed by atoms with van der Waals surface area (Å²) in [6, 6.07) is 5.00. The van der Waals surface area contributed by atoms with Gasteiger partial charge in [0.05, 0.1) is 11.1 Å². The largest absolute Gasteiger partial charge is 0.385 e. The van der Waals surface area contributed by atoms with Crippen molar-refractivity contribution in [1.82, 2.24) is 10.2 Å². The van der Waals surface area contributed by atoms with Crippen LogP contribution >= 0.6 is 12.2 Å². The van der Waals surface area contributed by atoms with Crippen LogP contribution in [0.25, 0.3) is 0 Å². The highest BCUT2D eigenvalue weighted by Gasteiger charge is 2.32. The first kappa shape index (κ1) is 15.4. The van der Waals surface area contributed by atoms with Gasteiger partial charge in [0.1, 0.15) is 0 Å². The Kier molecular flexibility index (Phi) is 4.87. The molecule has 2 amide bonds. The predicted molar refractivity (Wildman–Crippen MR) is 83.6 cm³/mol. The molecule has 1 aliphatic rings. The lowest BCUT2D eigenvalue weighted by molar-refractivity contribution is 0.0693. The maximum Gasteiger partial charge on any atom is 0.261 e. The number of imide groups is 1. The van der Waals surface area contributed by atoms with Crippen molar-refractivity contribution in [3.63, 3.8) is 0 Å². The Hall–Kier alpha value is -1.99. The van der Waals surface area contributed by atoms with Crippen LogP contribution in [0.3, 0.4) is 0 Å². The second kappa shape index (κ2) is 6.64. The zero-order valence-corrected chi connectivity index (χ0v) is 12.8. The van der Waals surface area contributed by atoms with Crippen LogP contribution in [0.4, 0.5) is 5.69 Å². The van der Waals surface area contributed by atoms with Crippen molar-refractivity contribution in [2.24, 2.45) is 0 Å². The molecule has 0 aromatic heterocycles. The number of nitrogens with zero attached hydrogens (tertiary/aromatic N) is 1. The molecule has 1 aliphatic heterocycles. The first-order valence-electron chi connectivity index (χ1n) is 6.55. The topological polar surface area (TPSA) is 70.7 Å². The molecular weight excluding hydrogens is 290 g/mol. The number of amides is 2. The van der Waals surface area contributed by atoms with Crippen LogP contribution in [-0.4, -0.2) is 49.1 Å². The van der Waals surface area contributed by atoms with Crippen molar-refractivity contribution >= 4 is 34.8 Å². The van der Waals surface area contributed by atoms with E-state index in [4.69, 9.17) is 17.0 Å². The molecule has 1 aromatic rings. The van der Waals surface area contributed by atoms with Crippen LogP contribution in [-0.2, 0) is 4.74 Å². The van der Waals surface area contributed by atoms with E-state index in [0.717, 1.165) is 11.3 Å². The normalized spacial score (nSPS) is 13.3. The third kappa shape index (κ3) is 3.37. The second-order valence-electron chi connectivity index (χ2n) is 4.66. The highest BCUT2D eigenvalue weighted by Crippen LogP contribution is 2.24. The number of carbonyl (C=O) groups is 2. The summed E-state index contributed by atoms with van der Waals surface area (Å²) in [5.41, 5.74) is 1.50. The number of nitrogens with one attached hydrogen (secondary N) is 2. The van der Waals surface area contributed by atoms with Crippen molar-refractivity contribution in [2.75, 3.05) is 32.6 Å². The number of methoxy groups -OCH3 is 1. The van der Waals surface area contributed by atoms with Crippen molar-refractivity contribution in [3.05, 3.63) is 29.3 Å². The van der Waals surface area contributed by atoms with E-state index in [1.807, 2.05) is 0 Å². The third-order valence-corrected chi connectivity index (χ3v) is 3.40. The van der Waals surface area contributed by atoms with Crippen molar-refractivity contribution in [3.8, 4) is 0 Å². The van der Waals surface area contributed by atoms with Gasteiger partial charge >= 0.3 is 0 Å². The fourth-order valence-electron chi connectivity index (χ4n) is 2.03. The van der Waals surface area contributed by atoms with E-state index in [0.29, 0.717) is 35.1 Å². The van der Waals surface area contributed by atoms with Gasteiger partial charge in [0.25, 0.3) is 11.8 Å². The van der Waals surface area contributed by atoms with E-state index in [2.05, 4.69) is 10.6 Å². The molecule has 112 valence electrons. The van der Waals surface area contributed by atoms with Gasteiger partial charge in [-0.15, -0.1) is 0 Å². The number of ether oxygens (including phenoxy) is 1. The molecule has 0 bridgehead atoms. The predicted octanol–water partition coefficient (Wildman–Crippen LogP) is 1.24. The van der Waals surface area contributed by atoms with Crippen molar-refractivity contribution in [2.45, 2.75) is 6.42 Å². The molecule has 0 radical (unpaired) electrons. The van der Waals surface area contributed by atoms with Gasteiger partial charge in [0, 0.05) is 33.0 Å². The summed E-state index contributed by atoms with van der Waals surface area (Å²) in [5.74, 6) is -0.570. The molecule has 0 atom stereocenters. The van der Waals surface area contributed by atoms with E-state index in [-0.39, 0.29) is 11.8 Å². The first-order valence-corrected chi connectivity index (χ1v) is 6.95. The number of hydrogen-bond acceptors (Lipinski definition) is 4. The molecule has 0 spiro atoms. The SMILES string of the molecule is COCCCNC(=S)Nc1ccc2c(c1)C(=O)N(C)C2=O. The Morgan fingerprint density at radius 2 is 2.00 bits per heavy atom. The summed E-state index contributed by atoms with van der Waals surface area (Å²) in [5, 5.41) is 6.51. The molecule has 0 saturated carbocycles. The lowest BCUT2D eigenvalue weighted by atomic mass is 10.1. The average molecular weight is 307 g/mol. The number of rotatable bonds is 5. The summed E-state index contributed by atoms with van der Waals surface area (Å²) in [6.07, 6.45) is 0.848. The molecule has 0 aliphatic carbocycles. The zero-order chi connectivity index (χ0) is 15.4. The summed E-state index contributed by atoms with van der Waals surface area (Å²) in [4.78, 5) is 24.8. The van der Waals surface area contributed by atoms with Crippen LogP contribution < -0.4 is 10.6 Å². The smallest absolute Gasteiger partial charge is 0.261 e. The highest BCUT2D eigenvalue weighted by molar-refractivity contribution is 7.80. The Balaban J connectivity index is 1.99. The quantitative estimate of drug-likeness (QED) is 0.484. The molecule has 2 N–H and O–H groups in total. The molecule has 21 heavy (non-hydrogen) atoms. The van der Waals surface area contributed by atoms with Gasteiger partial charge in [-0.2, -0.15) is 0 Å². The van der Waals surface area contributed by atoms with Crippen LogP contribution in [0.5, 0.6) is 0 Å². The zero-order valence-electron chi connectivity index (χ0n) is 11.9. The van der Waals surface area contributed by atoms with Crippen LogP contribution in [0, 0.1) is 0 Å². The van der Waals surface area contributed by atoms with Gasteiger partial charge in [-0.05, 0) is 36.8 Å². The van der Waals surface area contributed by atoms with E-state index in [1.54, 1.807) is 25.3 Å². The van der Waals surface area contributed by atoms with Gasteiger partial charge in [-0.1, -0.05) is 0 Å². The number of thiocarbonyl (C=S) groups is 1. The Labute approximate surface area is 128 Å². The molecule has 7 heteroatoms. The standard InChI is InChI=1S/C14H17N3O3S/c1-17-12(18)10-5-4-9(8-11(10)13(17)19)16-14(21)15-6-3-7-20-2/h4-5,8H,3,6-7H2,1-2H3,(H2,15,16,21). The van der Waals surface area contributed by atoms with E-state index in [1.165, 1.54) is 7.05 Å². The Bertz CT molecular complexity index is 589. The lowest BCUT2D eigenvalue weighted by Crippen LogP contribution is -2.29. The summed E-state index contributed by atoms with van der Waals surface area (Å²) in [7, 11) is 3.12. The number of anilines is 1. The van der Waals surface area contributed by atoms with E-state index >= 15 is 0 Å². The molecule has 1 heterocycles. The van der Waals surface area contributed by atoms with E-state index in [9.17, 15) is 9.59 Å². The minimum atomic E-state index is -0.294. The molecule has 2 rings (SSSR count). The average Bonchev–Trinajstić information content (AvgIpc) is 2.68. The maximum absolute atomic E-state index is 11.9. The van der Waals surface area contributed by atoms with Gasteiger partial charge in [-0.3, -0.25) is 14.5 Å². The Morgan fingerprint density at radius 1 is 1.29 bits per heavy atom. The van der Waals surface area contributed by atoms with Gasteiger partial charge in [-0.25, -0.2) is 0 Å². The molecule has 6 nitrogen and oxygen atoms in total. The minimum Gasteiger partial charge on any atom is -0.385 e. The summed E-state index contributed by atoms with van der Waals surface area (Å²) < 4.78 is 4.95. The molecule has 1 aromatic carbocycles. The highest BCUT2D eigenvalue weighted by atomic mass is 32.1. The Morgan fingerprint density at radius 3 is 2.71 bits per heavy atom. The maximum atomic E-state index is 11.9. The van der Waals surface area contributed by atoms with Gasteiger partial charge < -0.3 is 15.4 Å². The van der Waals surface area contributed by atoms with Crippen LogP contribution in [0.1, 0.15) is 27.1 Å². The fourth-order valence-corrected chi connectivity index (χ4v) is 2.25. The lowest BCUT2D eigenvalue weighted by Gasteiger charge is -2.10. The fraction of sp³-hybridized carbons (Fsp3) is 0.357. The minimum absolute atomic E-state index is 0.276. The second-order valence-corrected chi connectivity index (χ2v) is 5.07. The molecule has 0 saturated heterocycles. The number of carbonyl (C=O) groups excluding carboxylic acids is 2. The monoisotopic (exact) mass is 307 g/mol. The van der Waals surface area contributed by atoms with E-state index < -0.39 is 0 Å².